The Morgan fingerprint density at radius 2 is 2.07 bits per heavy atom. The summed E-state index contributed by atoms with van der Waals surface area (Å²) in [6.07, 6.45) is 0.163. The number of aliphatic carboxylic acids is 1. The van der Waals surface area contributed by atoms with E-state index < -0.39 is 23.3 Å². The van der Waals surface area contributed by atoms with Crippen LogP contribution in [0.25, 0.3) is 5.57 Å². The Morgan fingerprint density at radius 3 is 2.70 bits per heavy atom. The maximum absolute atomic E-state index is 12.8. The number of aryl methyl sites for hydroxylation is 1. The molecule has 2 aliphatic rings. The van der Waals surface area contributed by atoms with Crippen molar-refractivity contribution in [3.8, 4) is 0 Å². The topological polar surface area (TPSA) is 99.6 Å². The molecule has 1 aromatic carbocycles. The van der Waals surface area contributed by atoms with Gasteiger partial charge in [-0.2, -0.15) is 0 Å². The molecule has 7 nitrogen and oxygen atoms in total. The lowest BCUT2D eigenvalue weighted by Crippen LogP contribution is -2.70. The fraction of sp³-hybridized carbons (Fsp3) is 0.238. The maximum Gasteiger partial charge on any atom is 0.352 e. The summed E-state index contributed by atoms with van der Waals surface area (Å²) in [5.41, 5.74) is 4.33. The number of hydrogen-bond donors (Lipinski definition) is 2. The number of aromatic nitrogens is 1. The smallest absolute Gasteiger partial charge is 0.352 e. The van der Waals surface area contributed by atoms with Crippen molar-refractivity contribution in [2.45, 2.75) is 24.8 Å². The molecule has 1 aromatic heterocycles. The molecule has 9 heteroatoms. The number of allylic oxidation sites excluding steroid dienone is 1. The van der Waals surface area contributed by atoms with E-state index in [-0.39, 0.29) is 18.0 Å². The molecule has 0 aliphatic carbocycles. The van der Waals surface area contributed by atoms with Crippen LogP contribution in [0.1, 0.15) is 16.1 Å². The zero-order chi connectivity index (χ0) is 21.4. The number of nitrogens with one attached hydrogen (secondary N) is 1. The third kappa shape index (κ3) is 3.54. The molecule has 2 amide bonds. The second-order valence-corrected chi connectivity index (χ2v) is 8.95. The van der Waals surface area contributed by atoms with Gasteiger partial charge in [0.25, 0.3) is 5.91 Å². The van der Waals surface area contributed by atoms with Gasteiger partial charge >= 0.3 is 5.97 Å². The zero-order valence-corrected chi connectivity index (χ0v) is 17.8. The Kier molecular flexibility index (Phi) is 5.48. The molecule has 4 rings (SSSR count). The van der Waals surface area contributed by atoms with Gasteiger partial charge in [0.1, 0.15) is 17.1 Å². The molecule has 1 saturated heterocycles. The van der Waals surface area contributed by atoms with Gasteiger partial charge in [-0.1, -0.05) is 36.9 Å². The van der Waals surface area contributed by atoms with Gasteiger partial charge in [-0.15, -0.1) is 23.1 Å². The lowest BCUT2D eigenvalue weighted by atomic mass is 9.98. The molecular formula is C21H19N3O4S2. The number of hydrogen-bond acceptors (Lipinski definition) is 6. The maximum atomic E-state index is 12.8. The Morgan fingerprint density at radius 1 is 1.33 bits per heavy atom. The summed E-state index contributed by atoms with van der Waals surface area (Å²) in [4.78, 5) is 43.5. The average Bonchev–Trinajstić information content (AvgIpc) is 3.16. The number of carbonyl (C=O) groups excluding carboxylic acids is 2. The van der Waals surface area contributed by atoms with Crippen LogP contribution >= 0.6 is 23.1 Å². The standard InChI is InChI=1S/C21H19N3O4S2/c1-11(18-12(2)22-10-30-18)14-9-29-20-16(19(26)24(20)17(14)21(27)28)23-15(25)8-13-6-4-3-5-7-13/h3-7,10,16,20H,1,8-9H2,2H3,(H,23,25)(H,27,28)/t16?,20-/m1/s1. The quantitative estimate of drug-likeness (QED) is 0.668. The monoisotopic (exact) mass is 441 g/mol. The first-order valence-electron chi connectivity index (χ1n) is 9.22. The predicted octanol–water partition coefficient (Wildman–Crippen LogP) is 2.45. The van der Waals surface area contributed by atoms with Gasteiger partial charge in [0, 0.05) is 11.3 Å². The number of fused-ring (bicyclic) bond motifs is 1. The Balaban J connectivity index is 1.53. The second kappa shape index (κ2) is 8.08. The van der Waals surface area contributed by atoms with Crippen molar-refractivity contribution in [3.05, 3.63) is 69.8 Å². The molecule has 2 aliphatic heterocycles. The van der Waals surface area contributed by atoms with Crippen LogP contribution in [0.3, 0.4) is 0 Å². The molecule has 3 heterocycles. The van der Waals surface area contributed by atoms with Crippen molar-refractivity contribution in [1.82, 2.24) is 15.2 Å². The summed E-state index contributed by atoms with van der Waals surface area (Å²) >= 11 is 2.81. The number of β-lactam (4-membered cyclic amide) rings is 1. The number of rotatable bonds is 6. The summed E-state index contributed by atoms with van der Waals surface area (Å²) in [6.45, 7) is 5.90. The van der Waals surface area contributed by atoms with Crippen LogP contribution in [0.5, 0.6) is 0 Å². The number of carbonyl (C=O) groups is 3. The van der Waals surface area contributed by atoms with Gasteiger partial charge in [-0.3, -0.25) is 14.5 Å². The number of amides is 2. The third-order valence-electron chi connectivity index (χ3n) is 5.08. The zero-order valence-electron chi connectivity index (χ0n) is 16.1. The summed E-state index contributed by atoms with van der Waals surface area (Å²) in [6, 6.07) is 8.51. The summed E-state index contributed by atoms with van der Waals surface area (Å²) in [7, 11) is 0. The summed E-state index contributed by atoms with van der Waals surface area (Å²) in [5.74, 6) is -1.48. The summed E-state index contributed by atoms with van der Waals surface area (Å²) in [5, 5.41) is 12.1. The molecule has 0 spiro atoms. The molecular weight excluding hydrogens is 422 g/mol. The molecule has 2 atom stereocenters. The molecule has 0 radical (unpaired) electrons. The van der Waals surface area contributed by atoms with Gasteiger partial charge in [-0.05, 0) is 18.1 Å². The molecule has 2 N–H and O–H groups in total. The second-order valence-electron chi connectivity index (χ2n) is 7.00. The fourth-order valence-electron chi connectivity index (χ4n) is 3.58. The minimum absolute atomic E-state index is 0.0601. The Bertz CT molecular complexity index is 1080. The van der Waals surface area contributed by atoms with Gasteiger partial charge in [0.2, 0.25) is 5.91 Å². The molecule has 1 fully saturated rings. The van der Waals surface area contributed by atoms with E-state index in [0.717, 1.165) is 16.1 Å². The van der Waals surface area contributed by atoms with Crippen LogP contribution in [0.4, 0.5) is 0 Å². The van der Waals surface area contributed by atoms with Crippen molar-refractivity contribution in [2.75, 3.05) is 5.75 Å². The minimum atomic E-state index is -1.18. The molecule has 154 valence electrons. The van der Waals surface area contributed by atoms with Crippen molar-refractivity contribution in [2.24, 2.45) is 0 Å². The molecule has 0 bridgehead atoms. The largest absolute Gasteiger partial charge is 0.477 e. The normalized spacial score (nSPS) is 20.4. The number of thioether (sulfide) groups is 1. The third-order valence-corrected chi connectivity index (χ3v) is 7.35. The van der Waals surface area contributed by atoms with E-state index in [1.807, 2.05) is 37.3 Å². The lowest BCUT2D eigenvalue weighted by Gasteiger charge is -2.49. The van der Waals surface area contributed by atoms with Crippen LogP contribution in [-0.4, -0.2) is 49.9 Å². The van der Waals surface area contributed by atoms with Crippen LogP contribution in [0.15, 0.2) is 53.7 Å². The first-order chi connectivity index (χ1) is 14.4. The number of carboxylic acids is 1. The van der Waals surface area contributed by atoms with E-state index >= 15 is 0 Å². The van der Waals surface area contributed by atoms with Crippen LogP contribution < -0.4 is 5.32 Å². The van der Waals surface area contributed by atoms with E-state index in [0.29, 0.717) is 16.9 Å². The van der Waals surface area contributed by atoms with E-state index in [2.05, 4.69) is 16.9 Å². The SMILES string of the molecule is C=C(C1=C(C(=O)O)N2C(=O)C(NC(=O)Cc3ccccc3)[C@H]2SC1)c1scnc1C. The van der Waals surface area contributed by atoms with E-state index in [9.17, 15) is 19.5 Å². The summed E-state index contributed by atoms with van der Waals surface area (Å²) < 4.78 is 0. The van der Waals surface area contributed by atoms with Crippen LogP contribution in [-0.2, 0) is 20.8 Å². The van der Waals surface area contributed by atoms with Gasteiger partial charge in [0.05, 0.1) is 22.5 Å². The number of nitrogens with zero attached hydrogens (tertiary/aromatic N) is 2. The van der Waals surface area contributed by atoms with E-state index in [1.54, 1.807) is 5.51 Å². The molecule has 1 unspecified atom stereocenters. The highest BCUT2D eigenvalue weighted by molar-refractivity contribution is 8.00. The van der Waals surface area contributed by atoms with Crippen LogP contribution in [0.2, 0.25) is 0 Å². The number of benzene rings is 1. The van der Waals surface area contributed by atoms with Crippen molar-refractivity contribution >= 4 is 46.5 Å². The fourth-order valence-corrected chi connectivity index (χ4v) is 5.77. The average molecular weight is 442 g/mol. The van der Waals surface area contributed by atoms with Gasteiger partial charge < -0.3 is 10.4 Å². The molecule has 2 aromatic rings. The Labute approximate surface area is 181 Å². The van der Waals surface area contributed by atoms with Crippen molar-refractivity contribution < 1.29 is 19.5 Å². The predicted molar refractivity (Wildman–Crippen MR) is 116 cm³/mol. The molecule has 0 saturated carbocycles. The van der Waals surface area contributed by atoms with Gasteiger partial charge in [0.15, 0.2) is 0 Å². The van der Waals surface area contributed by atoms with E-state index in [4.69, 9.17) is 0 Å². The van der Waals surface area contributed by atoms with Crippen molar-refractivity contribution in [3.63, 3.8) is 0 Å². The highest BCUT2D eigenvalue weighted by Crippen LogP contribution is 2.44. The highest BCUT2D eigenvalue weighted by Gasteiger charge is 2.54. The highest BCUT2D eigenvalue weighted by atomic mass is 32.2. The van der Waals surface area contributed by atoms with Crippen molar-refractivity contribution in [1.29, 1.82) is 0 Å². The van der Waals surface area contributed by atoms with E-state index in [1.165, 1.54) is 28.0 Å². The first-order valence-corrected chi connectivity index (χ1v) is 11.2. The number of thiazole rings is 1. The van der Waals surface area contributed by atoms with Gasteiger partial charge in [-0.25, -0.2) is 9.78 Å². The minimum Gasteiger partial charge on any atom is -0.477 e. The molecule has 30 heavy (non-hydrogen) atoms. The lowest BCUT2D eigenvalue weighted by molar-refractivity contribution is -0.150. The Hall–Kier alpha value is -2.91. The number of carboxylic acid groups (broad SMARTS) is 1. The first kappa shape index (κ1) is 20.4. The van der Waals surface area contributed by atoms with Crippen LogP contribution in [0, 0.1) is 6.92 Å².